The van der Waals surface area contributed by atoms with E-state index in [9.17, 15) is 0 Å². The van der Waals surface area contributed by atoms with Crippen LogP contribution >= 0.6 is 0 Å². The first-order valence-corrected chi connectivity index (χ1v) is 6.87. The van der Waals surface area contributed by atoms with Crippen molar-refractivity contribution < 1.29 is 0 Å². The van der Waals surface area contributed by atoms with E-state index >= 15 is 0 Å². The van der Waals surface area contributed by atoms with Crippen LogP contribution in [0.4, 0.5) is 0 Å². The zero-order valence-electron chi connectivity index (χ0n) is 11.7. The molecule has 0 aromatic heterocycles. The van der Waals surface area contributed by atoms with Crippen LogP contribution in [-0.2, 0) is 0 Å². The second-order valence-electron chi connectivity index (χ2n) is 5.03. The smallest absolute Gasteiger partial charge is 0.0451 e. The van der Waals surface area contributed by atoms with Gasteiger partial charge < -0.3 is 0 Å². The van der Waals surface area contributed by atoms with Gasteiger partial charge in [0.2, 0.25) is 0 Å². The second-order valence-corrected chi connectivity index (χ2v) is 5.03. The Bertz CT molecular complexity index is 502. The number of rotatable bonds is 5. The highest BCUT2D eigenvalue weighted by atomic mass is 14.7. The largest absolute Gasteiger partial charge is 0.296 e. The third-order valence-electron chi connectivity index (χ3n) is 3.40. The highest BCUT2D eigenvalue weighted by molar-refractivity contribution is 5.67. The molecule has 2 unspecified atom stereocenters. The summed E-state index contributed by atoms with van der Waals surface area (Å²) in [7, 11) is 0. The van der Waals surface area contributed by atoms with Crippen molar-refractivity contribution in [1.29, 1.82) is 0 Å². The monoisotopic (exact) mass is 251 g/mol. The standard InChI is InChI=1S/C18H21N/c1-15(17-9-5-3-6-10-17)13-19-14-16(2)18-11-7-4-8-12-18/h3-13,15-16H,14H2,1-2H3/b19-13+. The summed E-state index contributed by atoms with van der Waals surface area (Å²) in [5.74, 6) is 0.851. The van der Waals surface area contributed by atoms with Crippen LogP contribution in [0.3, 0.4) is 0 Å². The van der Waals surface area contributed by atoms with Crippen molar-refractivity contribution in [2.24, 2.45) is 4.99 Å². The first-order chi connectivity index (χ1) is 9.27. The van der Waals surface area contributed by atoms with E-state index in [1.807, 2.05) is 6.07 Å². The first-order valence-electron chi connectivity index (χ1n) is 6.87. The molecular formula is C18H21N. The van der Waals surface area contributed by atoms with Crippen LogP contribution in [-0.4, -0.2) is 12.8 Å². The minimum absolute atomic E-state index is 0.379. The number of nitrogens with zero attached hydrogens (tertiary/aromatic N) is 1. The van der Waals surface area contributed by atoms with E-state index in [1.165, 1.54) is 11.1 Å². The molecule has 0 saturated carbocycles. The lowest BCUT2D eigenvalue weighted by Crippen LogP contribution is -2.00. The van der Waals surface area contributed by atoms with Crippen molar-refractivity contribution in [1.82, 2.24) is 0 Å². The van der Waals surface area contributed by atoms with Gasteiger partial charge in [0, 0.05) is 24.6 Å². The molecule has 2 aromatic rings. The molecule has 1 heteroatoms. The fourth-order valence-corrected chi connectivity index (χ4v) is 2.11. The van der Waals surface area contributed by atoms with Gasteiger partial charge in [0.25, 0.3) is 0 Å². The lowest BCUT2D eigenvalue weighted by molar-refractivity contribution is 0.774. The van der Waals surface area contributed by atoms with Gasteiger partial charge in [-0.1, -0.05) is 74.5 Å². The predicted molar refractivity (Wildman–Crippen MR) is 83.1 cm³/mol. The third-order valence-corrected chi connectivity index (χ3v) is 3.40. The maximum atomic E-state index is 4.60. The zero-order valence-corrected chi connectivity index (χ0v) is 11.7. The fraction of sp³-hybridized carbons (Fsp3) is 0.278. The van der Waals surface area contributed by atoms with Crippen LogP contribution in [0.5, 0.6) is 0 Å². The van der Waals surface area contributed by atoms with E-state index in [2.05, 4.69) is 79.7 Å². The van der Waals surface area contributed by atoms with Crippen LogP contribution < -0.4 is 0 Å². The normalized spacial score (nSPS) is 14.4. The molecule has 0 aliphatic rings. The Morgan fingerprint density at radius 3 is 1.95 bits per heavy atom. The van der Waals surface area contributed by atoms with Gasteiger partial charge in [-0.2, -0.15) is 0 Å². The summed E-state index contributed by atoms with van der Waals surface area (Å²) in [6.07, 6.45) is 2.06. The number of aliphatic imine (C=N–C) groups is 1. The van der Waals surface area contributed by atoms with Crippen LogP contribution in [0.25, 0.3) is 0 Å². The summed E-state index contributed by atoms with van der Waals surface area (Å²) in [5, 5.41) is 0. The van der Waals surface area contributed by atoms with Gasteiger partial charge >= 0.3 is 0 Å². The van der Waals surface area contributed by atoms with Crippen molar-refractivity contribution in [2.45, 2.75) is 25.7 Å². The molecule has 0 radical (unpaired) electrons. The molecule has 0 spiro atoms. The van der Waals surface area contributed by atoms with E-state index in [1.54, 1.807) is 0 Å². The molecule has 19 heavy (non-hydrogen) atoms. The number of benzene rings is 2. The molecule has 0 amide bonds. The van der Waals surface area contributed by atoms with Gasteiger partial charge in [-0.05, 0) is 11.1 Å². The van der Waals surface area contributed by atoms with Crippen molar-refractivity contribution in [3.05, 3.63) is 71.8 Å². The summed E-state index contributed by atoms with van der Waals surface area (Å²) in [6.45, 7) is 5.26. The Hall–Kier alpha value is -1.89. The molecular weight excluding hydrogens is 230 g/mol. The van der Waals surface area contributed by atoms with Gasteiger partial charge in [0.15, 0.2) is 0 Å². The Morgan fingerprint density at radius 1 is 0.842 bits per heavy atom. The topological polar surface area (TPSA) is 12.4 Å². The molecule has 0 aliphatic carbocycles. The van der Waals surface area contributed by atoms with E-state index in [0.717, 1.165) is 6.54 Å². The van der Waals surface area contributed by atoms with Crippen LogP contribution in [0, 0.1) is 0 Å². The lowest BCUT2D eigenvalue weighted by atomic mass is 10.0. The molecule has 0 heterocycles. The summed E-state index contributed by atoms with van der Waals surface area (Å²) in [6, 6.07) is 21.1. The van der Waals surface area contributed by atoms with Gasteiger partial charge in [0.1, 0.15) is 0 Å². The summed E-state index contributed by atoms with van der Waals surface area (Å²) in [4.78, 5) is 4.60. The Labute approximate surface area is 116 Å². The third kappa shape index (κ3) is 4.06. The maximum Gasteiger partial charge on any atom is 0.0451 e. The van der Waals surface area contributed by atoms with E-state index in [-0.39, 0.29) is 0 Å². The number of hydrogen-bond acceptors (Lipinski definition) is 1. The minimum Gasteiger partial charge on any atom is -0.296 e. The molecule has 2 aromatic carbocycles. The zero-order chi connectivity index (χ0) is 13.5. The van der Waals surface area contributed by atoms with Crippen LogP contribution in [0.2, 0.25) is 0 Å². The maximum absolute atomic E-state index is 4.60. The summed E-state index contributed by atoms with van der Waals surface area (Å²) in [5.41, 5.74) is 2.67. The van der Waals surface area contributed by atoms with Crippen molar-refractivity contribution in [3.8, 4) is 0 Å². The van der Waals surface area contributed by atoms with Gasteiger partial charge in [-0.3, -0.25) is 4.99 Å². The van der Waals surface area contributed by atoms with Crippen molar-refractivity contribution in [2.75, 3.05) is 6.54 Å². The van der Waals surface area contributed by atoms with Crippen LogP contribution in [0.1, 0.15) is 36.8 Å². The quantitative estimate of drug-likeness (QED) is 0.685. The highest BCUT2D eigenvalue weighted by Crippen LogP contribution is 2.16. The molecule has 98 valence electrons. The molecule has 0 aliphatic heterocycles. The second kappa shape index (κ2) is 6.89. The van der Waals surface area contributed by atoms with E-state index in [0.29, 0.717) is 11.8 Å². The number of hydrogen-bond donors (Lipinski definition) is 0. The molecule has 2 rings (SSSR count). The van der Waals surface area contributed by atoms with E-state index in [4.69, 9.17) is 0 Å². The highest BCUT2D eigenvalue weighted by Gasteiger charge is 2.04. The average Bonchev–Trinajstić information content (AvgIpc) is 2.49. The predicted octanol–water partition coefficient (Wildman–Crippen LogP) is 4.66. The molecule has 2 atom stereocenters. The Balaban J connectivity index is 1.90. The molecule has 1 nitrogen and oxygen atoms in total. The fourth-order valence-electron chi connectivity index (χ4n) is 2.11. The molecule has 0 saturated heterocycles. The minimum atomic E-state index is 0.379. The van der Waals surface area contributed by atoms with Crippen molar-refractivity contribution >= 4 is 6.21 Å². The molecule has 0 bridgehead atoms. The van der Waals surface area contributed by atoms with Crippen LogP contribution in [0.15, 0.2) is 65.7 Å². The van der Waals surface area contributed by atoms with E-state index < -0.39 is 0 Å². The van der Waals surface area contributed by atoms with Gasteiger partial charge in [-0.15, -0.1) is 0 Å². The molecule has 0 fully saturated rings. The van der Waals surface area contributed by atoms with Crippen molar-refractivity contribution in [3.63, 3.8) is 0 Å². The Morgan fingerprint density at radius 2 is 1.37 bits per heavy atom. The average molecular weight is 251 g/mol. The lowest BCUT2D eigenvalue weighted by Gasteiger charge is -2.09. The summed E-state index contributed by atoms with van der Waals surface area (Å²) < 4.78 is 0. The SMILES string of the molecule is CC(/C=N/CC(C)c1ccccc1)c1ccccc1. The summed E-state index contributed by atoms with van der Waals surface area (Å²) >= 11 is 0. The van der Waals surface area contributed by atoms with Gasteiger partial charge in [-0.25, -0.2) is 0 Å². The Kier molecular flexibility index (Phi) is 4.91. The molecule has 0 N–H and O–H groups in total. The first kappa shape index (κ1) is 13.5. The van der Waals surface area contributed by atoms with Gasteiger partial charge in [0.05, 0.1) is 0 Å².